The van der Waals surface area contributed by atoms with Crippen LogP contribution in [0.1, 0.15) is 41.0 Å². The number of aromatic hydroxyl groups is 1. The Morgan fingerprint density at radius 1 is 0.846 bits per heavy atom. The lowest BCUT2D eigenvalue weighted by atomic mass is 9.49. The van der Waals surface area contributed by atoms with Gasteiger partial charge in [0.05, 0.1) is 46.7 Å². The smallest absolute Gasteiger partial charge is 0.260 e. The topological polar surface area (TPSA) is 116 Å². The lowest BCUT2D eigenvalue weighted by Gasteiger charge is -2.50. The SMILES string of the molecule is COc1cc([C@H]2C3=CC[C@@H]4C(=O)N(c5ccc(C)c(Cl)c5)C(=O)[C@@H]4[C@@H]3C[C@H]3C(=O)N(Nc4ccc(C)cc4)C(=O)[C@@]23c2ccccc2)cc(Cl)c1O. The van der Waals surface area contributed by atoms with E-state index in [1.807, 2.05) is 62.4 Å². The van der Waals surface area contributed by atoms with E-state index in [9.17, 15) is 19.5 Å². The van der Waals surface area contributed by atoms with Gasteiger partial charge in [-0.25, -0.2) is 4.90 Å². The summed E-state index contributed by atoms with van der Waals surface area (Å²) in [6.45, 7) is 3.79. The van der Waals surface area contributed by atoms with E-state index in [4.69, 9.17) is 27.9 Å². The number of nitrogens with zero attached hydrogens (tertiary/aromatic N) is 2. The van der Waals surface area contributed by atoms with Gasteiger partial charge < -0.3 is 9.84 Å². The van der Waals surface area contributed by atoms with Crippen molar-refractivity contribution in [2.45, 2.75) is 38.0 Å². The quantitative estimate of drug-likeness (QED) is 0.156. The maximum Gasteiger partial charge on any atom is 0.260 e. The van der Waals surface area contributed by atoms with Crippen LogP contribution in [0.3, 0.4) is 0 Å². The molecule has 0 aromatic heterocycles. The third-order valence-corrected chi connectivity index (χ3v) is 12.1. The highest BCUT2D eigenvalue weighted by molar-refractivity contribution is 6.32. The van der Waals surface area contributed by atoms with E-state index in [2.05, 4.69) is 5.43 Å². The standard InChI is InChI=1S/C41H35Cl2N3O6/c1-21-9-12-25(13-10-21)44-46-38(49)30-20-29-27(15-16-28-34(29)39(50)45(37(28)48)26-14-11-22(2)31(42)19-26)35(23-17-32(43)36(47)33(18-23)52-3)41(30,40(46)51)24-7-5-4-6-8-24/h4-15,17-19,28-30,34-35,44,47H,16,20H2,1-3H3/t28-,29+,30-,34-,35-,41+/m0/s1. The molecular formula is C41H35Cl2N3O6. The second kappa shape index (κ2) is 12.5. The molecule has 0 radical (unpaired) electrons. The van der Waals surface area contributed by atoms with Crippen molar-refractivity contribution in [1.29, 1.82) is 0 Å². The minimum atomic E-state index is -1.49. The molecule has 264 valence electrons. The van der Waals surface area contributed by atoms with Gasteiger partial charge in [-0.1, -0.05) is 88.9 Å². The maximum absolute atomic E-state index is 15.3. The molecule has 4 amide bonds. The summed E-state index contributed by atoms with van der Waals surface area (Å²) >= 11 is 13.1. The Hall–Kier alpha value is -5.12. The van der Waals surface area contributed by atoms with Crippen LogP contribution < -0.4 is 15.1 Å². The van der Waals surface area contributed by atoms with Crippen LogP contribution in [0.4, 0.5) is 11.4 Å². The zero-order chi connectivity index (χ0) is 36.6. The predicted molar refractivity (Wildman–Crippen MR) is 197 cm³/mol. The van der Waals surface area contributed by atoms with E-state index < -0.39 is 46.8 Å². The number of allylic oxidation sites excluding steroid dienone is 2. The van der Waals surface area contributed by atoms with E-state index in [0.717, 1.165) is 21.7 Å². The third-order valence-electron chi connectivity index (χ3n) is 11.4. The van der Waals surface area contributed by atoms with Crippen LogP contribution in [0.5, 0.6) is 11.5 Å². The first-order chi connectivity index (χ1) is 25.0. The Morgan fingerprint density at radius 2 is 1.58 bits per heavy atom. The van der Waals surface area contributed by atoms with Crippen LogP contribution in [0.15, 0.2) is 96.6 Å². The number of hydrogen-bond acceptors (Lipinski definition) is 7. The first-order valence-electron chi connectivity index (χ1n) is 17.1. The van der Waals surface area contributed by atoms with Crippen molar-refractivity contribution >= 4 is 58.2 Å². The number of carbonyl (C=O) groups excluding carboxylic acids is 4. The molecular weight excluding hydrogens is 701 g/mol. The highest BCUT2D eigenvalue weighted by Gasteiger charge is 2.70. The second-order valence-electron chi connectivity index (χ2n) is 14.1. The number of benzene rings is 4. The number of ether oxygens (including phenoxy) is 1. The van der Waals surface area contributed by atoms with Crippen molar-refractivity contribution in [3.05, 3.63) is 129 Å². The number of methoxy groups -OCH3 is 1. The Balaban J connectivity index is 1.33. The van der Waals surface area contributed by atoms with Gasteiger partial charge in [0.15, 0.2) is 11.5 Å². The number of phenols is 1. The summed E-state index contributed by atoms with van der Waals surface area (Å²) in [4.78, 5) is 60.0. The molecule has 1 saturated carbocycles. The summed E-state index contributed by atoms with van der Waals surface area (Å²) in [7, 11) is 1.41. The molecule has 4 aliphatic rings. The first kappa shape index (κ1) is 34.0. The number of anilines is 2. The number of rotatable bonds is 6. The van der Waals surface area contributed by atoms with Crippen molar-refractivity contribution < 1.29 is 29.0 Å². The normalized spacial score (nSPS) is 26.6. The molecule has 3 fully saturated rings. The average molecular weight is 737 g/mol. The number of hydrazine groups is 1. The Kier molecular flexibility index (Phi) is 8.19. The molecule has 9 nitrogen and oxygen atoms in total. The fourth-order valence-electron chi connectivity index (χ4n) is 9.01. The number of aryl methyl sites for hydroxylation is 2. The molecule has 4 aromatic carbocycles. The molecule has 2 N–H and O–H groups in total. The largest absolute Gasteiger partial charge is 0.503 e. The zero-order valence-corrected chi connectivity index (χ0v) is 30.1. The Bertz CT molecular complexity index is 2210. The van der Waals surface area contributed by atoms with Crippen molar-refractivity contribution in [2.24, 2.45) is 23.7 Å². The molecule has 4 aromatic rings. The van der Waals surface area contributed by atoms with Gasteiger partial charge in [0, 0.05) is 10.9 Å². The van der Waals surface area contributed by atoms with Gasteiger partial charge in [0.1, 0.15) is 0 Å². The molecule has 2 heterocycles. The Labute approximate surface area is 310 Å². The molecule has 0 spiro atoms. The summed E-state index contributed by atoms with van der Waals surface area (Å²) in [6, 6.07) is 24.9. The van der Waals surface area contributed by atoms with Gasteiger partial charge in [-0.2, -0.15) is 5.01 Å². The number of hydrogen-bond donors (Lipinski definition) is 2. The van der Waals surface area contributed by atoms with Crippen molar-refractivity contribution in [2.75, 3.05) is 17.4 Å². The summed E-state index contributed by atoms with van der Waals surface area (Å²) in [5, 5.41) is 12.3. The molecule has 0 bridgehead atoms. The molecule has 52 heavy (non-hydrogen) atoms. The summed E-state index contributed by atoms with van der Waals surface area (Å²) < 4.78 is 5.54. The van der Waals surface area contributed by atoms with Gasteiger partial charge in [0.2, 0.25) is 11.8 Å². The average Bonchev–Trinajstić information content (AvgIpc) is 3.52. The monoisotopic (exact) mass is 735 g/mol. The van der Waals surface area contributed by atoms with Crippen molar-refractivity contribution in [1.82, 2.24) is 5.01 Å². The summed E-state index contributed by atoms with van der Waals surface area (Å²) in [5.41, 5.74) is 6.28. The lowest BCUT2D eigenvalue weighted by molar-refractivity contribution is -0.138. The van der Waals surface area contributed by atoms with Gasteiger partial charge in [-0.15, -0.1) is 0 Å². The molecule has 0 unspecified atom stereocenters. The van der Waals surface area contributed by atoms with E-state index in [1.165, 1.54) is 12.0 Å². The van der Waals surface area contributed by atoms with Gasteiger partial charge >= 0.3 is 0 Å². The van der Waals surface area contributed by atoms with Crippen LogP contribution >= 0.6 is 23.2 Å². The van der Waals surface area contributed by atoms with Crippen LogP contribution in [0, 0.1) is 37.5 Å². The first-order valence-corrected chi connectivity index (χ1v) is 17.9. The zero-order valence-electron chi connectivity index (χ0n) is 28.6. The number of amides is 4. The number of carbonyl (C=O) groups is 4. The molecule has 2 aliphatic carbocycles. The minimum Gasteiger partial charge on any atom is -0.503 e. The molecule has 6 atom stereocenters. The maximum atomic E-state index is 15.3. The van der Waals surface area contributed by atoms with E-state index in [1.54, 1.807) is 42.5 Å². The fourth-order valence-corrected chi connectivity index (χ4v) is 9.41. The number of phenolic OH excluding ortho intramolecular Hbond substituents is 1. The van der Waals surface area contributed by atoms with Crippen LogP contribution in [0.2, 0.25) is 10.0 Å². The van der Waals surface area contributed by atoms with E-state index in [0.29, 0.717) is 27.5 Å². The molecule has 11 heteroatoms. The summed E-state index contributed by atoms with van der Waals surface area (Å²) in [6.07, 6.45) is 2.36. The van der Waals surface area contributed by atoms with Crippen LogP contribution in [-0.2, 0) is 24.6 Å². The van der Waals surface area contributed by atoms with Crippen molar-refractivity contribution in [3.8, 4) is 11.5 Å². The number of fused-ring (bicyclic) bond motifs is 4. The van der Waals surface area contributed by atoms with E-state index >= 15 is 4.79 Å². The van der Waals surface area contributed by atoms with Crippen LogP contribution in [-0.4, -0.2) is 40.9 Å². The van der Waals surface area contributed by atoms with Gasteiger partial charge in [0.25, 0.3) is 11.8 Å². The van der Waals surface area contributed by atoms with Crippen LogP contribution in [0.25, 0.3) is 0 Å². The van der Waals surface area contributed by atoms with Gasteiger partial charge in [-0.3, -0.25) is 24.6 Å². The molecule has 2 aliphatic heterocycles. The number of halogens is 2. The highest BCUT2D eigenvalue weighted by Crippen LogP contribution is 2.64. The lowest BCUT2D eigenvalue weighted by Crippen LogP contribution is -2.53. The fraction of sp³-hybridized carbons (Fsp3) is 0.268. The minimum absolute atomic E-state index is 0.00600. The van der Waals surface area contributed by atoms with Crippen molar-refractivity contribution in [3.63, 3.8) is 0 Å². The van der Waals surface area contributed by atoms with E-state index in [-0.39, 0.29) is 41.2 Å². The number of nitrogens with one attached hydrogen (secondary N) is 1. The third kappa shape index (κ3) is 4.89. The van der Waals surface area contributed by atoms with Gasteiger partial charge in [-0.05, 0) is 85.7 Å². The summed E-state index contributed by atoms with van der Waals surface area (Å²) in [5.74, 6) is -5.60. The highest BCUT2D eigenvalue weighted by atomic mass is 35.5. The number of imide groups is 2. The molecule has 2 saturated heterocycles. The molecule has 8 rings (SSSR count). The Morgan fingerprint density at radius 3 is 2.27 bits per heavy atom. The second-order valence-corrected chi connectivity index (χ2v) is 14.9. The predicted octanol–water partition coefficient (Wildman–Crippen LogP) is 7.51.